The molecule has 0 saturated heterocycles. The van der Waals surface area contributed by atoms with Gasteiger partial charge >= 0.3 is 5.97 Å². The Hall–Kier alpha value is -2.64. The third-order valence-corrected chi connectivity index (χ3v) is 2.67. The maximum atomic E-state index is 11.7. The van der Waals surface area contributed by atoms with Gasteiger partial charge in [0.2, 0.25) is 0 Å². The molecule has 0 heterocycles. The Labute approximate surface area is 121 Å². The van der Waals surface area contributed by atoms with Gasteiger partial charge in [-0.3, -0.25) is 19.7 Å². The largest absolute Gasteiger partial charge is 0.469 e. The van der Waals surface area contributed by atoms with Crippen molar-refractivity contribution in [3.63, 3.8) is 0 Å². The highest BCUT2D eigenvalue weighted by molar-refractivity contribution is 5.95. The minimum atomic E-state index is -0.580. The van der Waals surface area contributed by atoms with E-state index in [1.807, 2.05) is 0 Å². The predicted molar refractivity (Wildman–Crippen MR) is 76.2 cm³/mol. The maximum Gasteiger partial charge on any atom is 0.307 e. The minimum Gasteiger partial charge on any atom is -0.469 e. The standard InChI is InChI=1S/C13H17N3O5/c1-3-14-13(18)9-4-5-10(11(8-9)16(19)20)15-7-6-12(17)21-2/h4-5,8,15H,3,6-7H2,1-2H3,(H,14,18). The molecule has 0 aliphatic carbocycles. The van der Waals surface area contributed by atoms with E-state index in [-0.39, 0.29) is 35.8 Å². The summed E-state index contributed by atoms with van der Waals surface area (Å²) < 4.78 is 4.48. The van der Waals surface area contributed by atoms with Crippen LogP contribution < -0.4 is 10.6 Å². The topological polar surface area (TPSA) is 111 Å². The summed E-state index contributed by atoms with van der Waals surface area (Å²) in [7, 11) is 1.27. The van der Waals surface area contributed by atoms with Crippen LogP contribution in [-0.2, 0) is 9.53 Å². The highest BCUT2D eigenvalue weighted by atomic mass is 16.6. The van der Waals surface area contributed by atoms with Crippen LogP contribution in [-0.4, -0.2) is 37.0 Å². The van der Waals surface area contributed by atoms with Crippen LogP contribution in [0.5, 0.6) is 0 Å². The monoisotopic (exact) mass is 295 g/mol. The molecule has 114 valence electrons. The molecule has 0 radical (unpaired) electrons. The number of benzene rings is 1. The van der Waals surface area contributed by atoms with Crippen molar-refractivity contribution >= 4 is 23.3 Å². The minimum absolute atomic E-state index is 0.0890. The molecule has 1 amide bonds. The van der Waals surface area contributed by atoms with Crippen molar-refractivity contribution in [2.45, 2.75) is 13.3 Å². The number of nitrogens with one attached hydrogen (secondary N) is 2. The Kier molecular flexibility index (Phi) is 6.12. The van der Waals surface area contributed by atoms with E-state index in [4.69, 9.17) is 0 Å². The number of esters is 1. The van der Waals surface area contributed by atoms with Crippen molar-refractivity contribution in [1.29, 1.82) is 0 Å². The van der Waals surface area contributed by atoms with Crippen molar-refractivity contribution in [3.8, 4) is 0 Å². The van der Waals surface area contributed by atoms with Crippen LogP contribution in [0.4, 0.5) is 11.4 Å². The molecule has 0 bridgehead atoms. The molecule has 0 saturated carbocycles. The number of carbonyl (C=O) groups is 2. The average Bonchev–Trinajstić information content (AvgIpc) is 2.47. The number of amides is 1. The molecule has 0 spiro atoms. The summed E-state index contributed by atoms with van der Waals surface area (Å²) in [6.07, 6.45) is 0.0890. The van der Waals surface area contributed by atoms with E-state index in [1.54, 1.807) is 6.92 Å². The third kappa shape index (κ3) is 4.75. The van der Waals surface area contributed by atoms with Crippen LogP contribution >= 0.6 is 0 Å². The van der Waals surface area contributed by atoms with Gasteiger partial charge in [-0.2, -0.15) is 0 Å². The Balaban J connectivity index is 2.87. The molecule has 0 unspecified atom stereocenters. The van der Waals surface area contributed by atoms with E-state index in [1.165, 1.54) is 25.3 Å². The van der Waals surface area contributed by atoms with Crippen LogP contribution in [0.25, 0.3) is 0 Å². The SMILES string of the molecule is CCNC(=O)c1ccc(NCCC(=O)OC)c([N+](=O)[O-])c1. The van der Waals surface area contributed by atoms with Gasteiger partial charge < -0.3 is 15.4 Å². The zero-order chi connectivity index (χ0) is 15.8. The molecule has 1 rings (SSSR count). The first-order valence-electron chi connectivity index (χ1n) is 6.37. The quantitative estimate of drug-likeness (QED) is 0.446. The van der Waals surface area contributed by atoms with E-state index < -0.39 is 10.9 Å². The van der Waals surface area contributed by atoms with Crippen molar-refractivity contribution in [1.82, 2.24) is 5.32 Å². The number of nitro groups is 1. The Bertz CT molecular complexity index is 545. The fraction of sp³-hybridized carbons (Fsp3) is 0.385. The molecular weight excluding hydrogens is 278 g/mol. The molecule has 0 aliphatic rings. The lowest BCUT2D eigenvalue weighted by Crippen LogP contribution is -2.22. The lowest BCUT2D eigenvalue weighted by atomic mass is 10.1. The number of anilines is 1. The average molecular weight is 295 g/mol. The van der Waals surface area contributed by atoms with E-state index in [0.29, 0.717) is 6.54 Å². The zero-order valence-corrected chi connectivity index (χ0v) is 11.8. The first-order valence-corrected chi connectivity index (χ1v) is 6.37. The summed E-state index contributed by atoms with van der Waals surface area (Å²) in [6.45, 7) is 2.40. The highest BCUT2D eigenvalue weighted by Crippen LogP contribution is 2.25. The van der Waals surface area contributed by atoms with Gasteiger partial charge in [0, 0.05) is 24.7 Å². The molecule has 2 N–H and O–H groups in total. The Morgan fingerprint density at radius 3 is 2.67 bits per heavy atom. The Morgan fingerprint density at radius 1 is 1.38 bits per heavy atom. The van der Waals surface area contributed by atoms with E-state index in [9.17, 15) is 19.7 Å². The third-order valence-electron chi connectivity index (χ3n) is 2.67. The fourth-order valence-corrected chi connectivity index (χ4v) is 1.64. The van der Waals surface area contributed by atoms with Crippen molar-refractivity contribution < 1.29 is 19.2 Å². The van der Waals surface area contributed by atoms with Crippen molar-refractivity contribution in [2.75, 3.05) is 25.5 Å². The highest BCUT2D eigenvalue weighted by Gasteiger charge is 2.17. The number of methoxy groups -OCH3 is 1. The molecule has 1 aromatic rings. The second-order valence-corrected chi connectivity index (χ2v) is 4.10. The van der Waals surface area contributed by atoms with Crippen LogP contribution in [0.15, 0.2) is 18.2 Å². The van der Waals surface area contributed by atoms with Gasteiger partial charge in [0.1, 0.15) is 5.69 Å². The van der Waals surface area contributed by atoms with Crippen LogP contribution in [0.2, 0.25) is 0 Å². The number of hydrogen-bond donors (Lipinski definition) is 2. The van der Waals surface area contributed by atoms with E-state index in [2.05, 4.69) is 15.4 Å². The normalized spacial score (nSPS) is 9.81. The van der Waals surface area contributed by atoms with Crippen LogP contribution in [0, 0.1) is 10.1 Å². The number of carbonyl (C=O) groups excluding carboxylic acids is 2. The number of ether oxygens (including phenoxy) is 1. The molecule has 0 fully saturated rings. The van der Waals surface area contributed by atoms with Crippen molar-refractivity contribution in [2.24, 2.45) is 0 Å². The number of nitrogens with zero attached hydrogens (tertiary/aromatic N) is 1. The lowest BCUT2D eigenvalue weighted by Gasteiger charge is -2.08. The molecular formula is C13H17N3O5. The maximum absolute atomic E-state index is 11.7. The molecule has 1 aromatic carbocycles. The lowest BCUT2D eigenvalue weighted by molar-refractivity contribution is -0.384. The van der Waals surface area contributed by atoms with Gasteiger partial charge in [-0.05, 0) is 19.1 Å². The number of rotatable bonds is 7. The predicted octanol–water partition coefficient (Wildman–Crippen LogP) is 1.32. The summed E-state index contributed by atoms with van der Waals surface area (Å²) in [5, 5.41) is 16.4. The van der Waals surface area contributed by atoms with Crippen molar-refractivity contribution in [3.05, 3.63) is 33.9 Å². The summed E-state index contributed by atoms with van der Waals surface area (Å²) in [4.78, 5) is 33.1. The van der Waals surface area contributed by atoms with E-state index in [0.717, 1.165) is 0 Å². The zero-order valence-electron chi connectivity index (χ0n) is 11.8. The summed E-state index contributed by atoms with van der Waals surface area (Å²) in [5.41, 5.74) is 0.239. The number of hydrogen-bond acceptors (Lipinski definition) is 6. The fourth-order valence-electron chi connectivity index (χ4n) is 1.64. The molecule has 0 aromatic heterocycles. The first-order chi connectivity index (χ1) is 9.99. The molecule has 0 aliphatic heterocycles. The van der Waals surface area contributed by atoms with Crippen LogP contribution in [0.3, 0.4) is 0 Å². The summed E-state index contributed by atoms with van der Waals surface area (Å²) in [5.74, 6) is -0.786. The molecule has 8 heteroatoms. The first kappa shape index (κ1) is 16.4. The van der Waals surface area contributed by atoms with E-state index >= 15 is 0 Å². The Morgan fingerprint density at radius 2 is 2.10 bits per heavy atom. The molecule has 21 heavy (non-hydrogen) atoms. The second kappa shape index (κ2) is 7.83. The molecule has 8 nitrogen and oxygen atoms in total. The second-order valence-electron chi connectivity index (χ2n) is 4.10. The van der Waals surface area contributed by atoms with Gasteiger partial charge in [0.15, 0.2) is 0 Å². The molecule has 0 atom stereocenters. The van der Waals surface area contributed by atoms with Gasteiger partial charge in [-0.25, -0.2) is 0 Å². The number of nitro benzene ring substituents is 1. The van der Waals surface area contributed by atoms with Gasteiger partial charge in [-0.15, -0.1) is 0 Å². The van der Waals surface area contributed by atoms with Gasteiger partial charge in [-0.1, -0.05) is 0 Å². The summed E-state index contributed by atoms with van der Waals surface area (Å²) >= 11 is 0. The van der Waals surface area contributed by atoms with Gasteiger partial charge in [0.25, 0.3) is 11.6 Å². The smallest absolute Gasteiger partial charge is 0.307 e. The van der Waals surface area contributed by atoms with Gasteiger partial charge in [0.05, 0.1) is 18.5 Å². The van der Waals surface area contributed by atoms with Crippen LogP contribution in [0.1, 0.15) is 23.7 Å². The summed E-state index contributed by atoms with van der Waals surface area (Å²) in [6, 6.07) is 4.13.